The Kier molecular flexibility index (Phi) is 6.31. The number of nitrogens with zero attached hydrogens (tertiary/aromatic N) is 5. The molecule has 30 heavy (non-hydrogen) atoms. The van der Waals surface area contributed by atoms with Gasteiger partial charge in [0.05, 0.1) is 4.92 Å². The van der Waals surface area contributed by atoms with Gasteiger partial charge in [-0.05, 0) is 25.8 Å². The van der Waals surface area contributed by atoms with Crippen molar-refractivity contribution in [2.45, 2.75) is 39.5 Å². The lowest BCUT2D eigenvalue weighted by Gasteiger charge is -2.11. The van der Waals surface area contributed by atoms with E-state index in [4.69, 9.17) is 0 Å². The summed E-state index contributed by atoms with van der Waals surface area (Å²) in [5.74, 6) is -0.499. The minimum absolute atomic E-state index is 0.154. The SMILES string of the molecule is CCC(CC)c1nnc(NC(=O)c2nn(-c3ccccc3[N+](=O)[O-])c(C)cc2=O)s1. The highest BCUT2D eigenvalue weighted by atomic mass is 32.1. The number of carbonyl (C=O) groups excluding carboxylic acids is 1. The van der Waals surface area contributed by atoms with Gasteiger partial charge in [0.25, 0.3) is 11.6 Å². The van der Waals surface area contributed by atoms with Crippen molar-refractivity contribution in [1.29, 1.82) is 0 Å². The summed E-state index contributed by atoms with van der Waals surface area (Å²) in [6, 6.07) is 7.18. The Morgan fingerprint density at radius 1 is 1.27 bits per heavy atom. The molecule has 156 valence electrons. The number of para-hydroxylation sites is 2. The molecule has 0 aliphatic carbocycles. The van der Waals surface area contributed by atoms with E-state index in [1.54, 1.807) is 13.0 Å². The molecule has 11 heteroatoms. The zero-order valence-electron chi connectivity index (χ0n) is 16.7. The van der Waals surface area contributed by atoms with E-state index < -0.39 is 22.0 Å². The lowest BCUT2D eigenvalue weighted by atomic mass is 10.1. The quantitative estimate of drug-likeness (QED) is 0.450. The van der Waals surface area contributed by atoms with Crippen molar-refractivity contribution >= 4 is 28.1 Å². The first-order valence-corrected chi connectivity index (χ1v) is 10.2. The Balaban J connectivity index is 1.96. The number of benzene rings is 1. The number of aromatic nitrogens is 4. The van der Waals surface area contributed by atoms with Gasteiger partial charge in [-0.2, -0.15) is 5.10 Å². The monoisotopic (exact) mass is 428 g/mol. The van der Waals surface area contributed by atoms with E-state index in [0.717, 1.165) is 17.8 Å². The summed E-state index contributed by atoms with van der Waals surface area (Å²) >= 11 is 1.25. The third-order valence-corrected chi connectivity index (χ3v) is 5.63. The van der Waals surface area contributed by atoms with Gasteiger partial charge in [-0.15, -0.1) is 10.2 Å². The van der Waals surface area contributed by atoms with Gasteiger partial charge < -0.3 is 0 Å². The van der Waals surface area contributed by atoms with Crippen LogP contribution in [0.25, 0.3) is 5.69 Å². The Labute approximate surface area is 175 Å². The minimum Gasteiger partial charge on any atom is -0.295 e. The van der Waals surface area contributed by atoms with Crippen molar-refractivity contribution < 1.29 is 9.72 Å². The minimum atomic E-state index is -0.750. The van der Waals surface area contributed by atoms with Crippen LogP contribution in [0.2, 0.25) is 0 Å². The van der Waals surface area contributed by atoms with Gasteiger partial charge in [-0.25, -0.2) is 4.68 Å². The first-order valence-electron chi connectivity index (χ1n) is 9.35. The Hall–Kier alpha value is -3.47. The van der Waals surface area contributed by atoms with E-state index in [2.05, 4.69) is 34.5 Å². The molecule has 3 rings (SSSR count). The van der Waals surface area contributed by atoms with Crippen LogP contribution in [0.3, 0.4) is 0 Å². The van der Waals surface area contributed by atoms with Crippen LogP contribution < -0.4 is 10.7 Å². The highest BCUT2D eigenvalue weighted by molar-refractivity contribution is 7.15. The summed E-state index contributed by atoms with van der Waals surface area (Å²) in [5.41, 5.74) is -0.664. The summed E-state index contributed by atoms with van der Waals surface area (Å²) in [4.78, 5) is 35.9. The Morgan fingerprint density at radius 3 is 2.63 bits per heavy atom. The normalized spacial score (nSPS) is 10.9. The van der Waals surface area contributed by atoms with Crippen LogP contribution in [0.15, 0.2) is 35.1 Å². The van der Waals surface area contributed by atoms with Crippen LogP contribution in [0.4, 0.5) is 10.8 Å². The first kappa shape index (κ1) is 21.2. The van der Waals surface area contributed by atoms with Crippen LogP contribution in [0.1, 0.15) is 53.8 Å². The first-order chi connectivity index (χ1) is 14.3. The molecule has 3 aromatic rings. The molecule has 2 heterocycles. The molecule has 0 aliphatic rings. The fourth-order valence-corrected chi connectivity index (χ4v) is 4.00. The number of rotatable bonds is 7. The second-order valence-electron chi connectivity index (χ2n) is 6.57. The van der Waals surface area contributed by atoms with Crippen molar-refractivity contribution in [3.05, 3.63) is 67.1 Å². The van der Waals surface area contributed by atoms with Gasteiger partial charge in [0, 0.05) is 23.7 Å². The van der Waals surface area contributed by atoms with E-state index in [1.165, 1.54) is 40.3 Å². The molecular weight excluding hydrogens is 408 g/mol. The van der Waals surface area contributed by atoms with Gasteiger partial charge in [0.2, 0.25) is 10.6 Å². The number of nitro groups is 1. The predicted molar refractivity (Wildman–Crippen MR) is 112 cm³/mol. The highest BCUT2D eigenvalue weighted by Gasteiger charge is 2.21. The molecule has 0 fully saturated rings. The highest BCUT2D eigenvalue weighted by Crippen LogP contribution is 2.28. The van der Waals surface area contributed by atoms with E-state index in [1.807, 2.05) is 0 Å². The fraction of sp³-hybridized carbons (Fsp3) is 0.316. The maximum Gasteiger partial charge on any atom is 0.294 e. The van der Waals surface area contributed by atoms with E-state index in [-0.39, 0.29) is 22.4 Å². The average molecular weight is 428 g/mol. The summed E-state index contributed by atoms with van der Waals surface area (Å²) in [5, 5.41) is 27.2. The van der Waals surface area contributed by atoms with E-state index in [0.29, 0.717) is 5.69 Å². The molecule has 0 radical (unpaired) electrons. The lowest BCUT2D eigenvalue weighted by Crippen LogP contribution is -2.27. The Bertz CT molecular complexity index is 1150. The second-order valence-corrected chi connectivity index (χ2v) is 7.58. The molecule has 0 bridgehead atoms. The van der Waals surface area contributed by atoms with Crippen LogP contribution in [-0.2, 0) is 0 Å². The van der Waals surface area contributed by atoms with E-state index in [9.17, 15) is 19.7 Å². The number of anilines is 1. The molecule has 0 saturated carbocycles. The number of aryl methyl sites for hydroxylation is 1. The van der Waals surface area contributed by atoms with Crippen LogP contribution in [-0.4, -0.2) is 30.8 Å². The van der Waals surface area contributed by atoms with Crippen LogP contribution in [0, 0.1) is 17.0 Å². The maximum atomic E-state index is 12.7. The number of nitrogens with one attached hydrogen (secondary N) is 1. The number of amides is 1. The molecule has 0 spiro atoms. The van der Waals surface area contributed by atoms with Gasteiger partial charge in [0.1, 0.15) is 10.7 Å². The van der Waals surface area contributed by atoms with Crippen LogP contribution >= 0.6 is 11.3 Å². The van der Waals surface area contributed by atoms with Gasteiger partial charge in [0.15, 0.2) is 5.69 Å². The molecule has 1 N–H and O–H groups in total. The largest absolute Gasteiger partial charge is 0.295 e. The molecular formula is C19H20N6O4S. The van der Waals surface area contributed by atoms with Gasteiger partial charge in [-0.3, -0.25) is 25.0 Å². The predicted octanol–water partition coefficient (Wildman–Crippen LogP) is 3.46. The molecule has 1 amide bonds. The van der Waals surface area contributed by atoms with Crippen molar-refractivity contribution in [3.63, 3.8) is 0 Å². The summed E-state index contributed by atoms with van der Waals surface area (Å²) < 4.78 is 1.21. The second kappa shape index (κ2) is 8.91. The third-order valence-electron chi connectivity index (χ3n) is 4.63. The summed E-state index contributed by atoms with van der Waals surface area (Å²) in [6.07, 6.45) is 1.80. The molecule has 0 aliphatic heterocycles. The average Bonchev–Trinajstić information content (AvgIpc) is 3.17. The number of carbonyl (C=O) groups is 1. The number of hydrogen-bond donors (Lipinski definition) is 1. The zero-order valence-corrected chi connectivity index (χ0v) is 17.5. The van der Waals surface area contributed by atoms with Crippen molar-refractivity contribution in [2.24, 2.45) is 0 Å². The lowest BCUT2D eigenvalue weighted by molar-refractivity contribution is -0.384. The van der Waals surface area contributed by atoms with Crippen LogP contribution in [0.5, 0.6) is 0 Å². The molecule has 0 unspecified atom stereocenters. The zero-order chi connectivity index (χ0) is 21.8. The topological polar surface area (TPSA) is 133 Å². The number of hydrogen-bond acceptors (Lipinski definition) is 8. The molecule has 1 aromatic carbocycles. The van der Waals surface area contributed by atoms with E-state index >= 15 is 0 Å². The molecule has 0 atom stereocenters. The maximum absolute atomic E-state index is 12.7. The van der Waals surface area contributed by atoms with Crippen molar-refractivity contribution in [1.82, 2.24) is 20.0 Å². The molecule has 2 aromatic heterocycles. The summed E-state index contributed by atoms with van der Waals surface area (Å²) in [6.45, 7) is 5.68. The standard InChI is InChI=1S/C19H20N6O4S/c1-4-12(5-2)18-21-22-19(30-18)20-17(27)16-15(26)10-11(3)24(23-16)13-8-6-7-9-14(13)25(28)29/h6-10,12H,4-5H2,1-3H3,(H,20,22,27). The fourth-order valence-electron chi connectivity index (χ4n) is 2.99. The summed E-state index contributed by atoms with van der Waals surface area (Å²) in [7, 11) is 0. The third kappa shape index (κ3) is 4.25. The smallest absolute Gasteiger partial charge is 0.294 e. The Morgan fingerprint density at radius 2 is 1.97 bits per heavy atom. The molecule has 0 saturated heterocycles. The van der Waals surface area contributed by atoms with Crippen molar-refractivity contribution in [2.75, 3.05) is 5.32 Å². The van der Waals surface area contributed by atoms with Gasteiger partial charge >= 0.3 is 0 Å². The molecule has 10 nitrogen and oxygen atoms in total. The van der Waals surface area contributed by atoms with Gasteiger partial charge in [-0.1, -0.05) is 37.3 Å². The van der Waals surface area contributed by atoms with Crippen molar-refractivity contribution in [3.8, 4) is 5.69 Å². The number of nitro benzene ring substituents is 1.